The number of aliphatic carboxylic acids is 1. The highest BCUT2D eigenvalue weighted by atomic mass is 35.5. The number of hydrogen-bond acceptors (Lipinski definition) is 5. The lowest BCUT2D eigenvalue weighted by Crippen LogP contribution is -2.43. The van der Waals surface area contributed by atoms with E-state index in [-0.39, 0.29) is 11.3 Å². The van der Waals surface area contributed by atoms with Gasteiger partial charge in [-0.05, 0) is 29.8 Å². The highest BCUT2D eigenvalue weighted by Gasteiger charge is 2.43. The Morgan fingerprint density at radius 2 is 1.96 bits per heavy atom. The van der Waals surface area contributed by atoms with Crippen molar-refractivity contribution < 1.29 is 24.2 Å². The maximum Gasteiger partial charge on any atom is 0.327 e. The maximum absolute atomic E-state index is 13.3. The number of rotatable bonds is 5. The maximum atomic E-state index is 13.3. The molecule has 0 spiro atoms. The predicted octanol–water partition coefficient (Wildman–Crippen LogP) is 3.70. The second kappa shape index (κ2) is 8.10. The number of halogens is 1. The highest BCUT2D eigenvalue weighted by molar-refractivity contribution is 7.99. The van der Waals surface area contributed by atoms with E-state index < -0.39 is 23.3 Å². The minimum Gasteiger partial charge on any atom is -0.497 e. The van der Waals surface area contributed by atoms with Crippen molar-refractivity contribution in [1.29, 1.82) is 0 Å². The molecule has 1 aliphatic rings. The van der Waals surface area contributed by atoms with E-state index in [1.807, 2.05) is 6.07 Å². The Balaban J connectivity index is 2.03. The highest BCUT2D eigenvalue weighted by Crippen LogP contribution is 2.43. The molecule has 1 saturated heterocycles. The van der Waals surface area contributed by atoms with Crippen LogP contribution in [0.4, 0.5) is 0 Å². The Morgan fingerprint density at radius 1 is 1.19 bits per heavy atom. The van der Waals surface area contributed by atoms with Gasteiger partial charge in [-0.1, -0.05) is 23.7 Å². The van der Waals surface area contributed by atoms with E-state index in [9.17, 15) is 14.7 Å². The molecule has 8 heteroatoms. The van der Waals surface area contributed by atoms with Gasteiger partial charge in [-0.3, -0.25) is 4.79 Å². The molecule has 2 aromatic carbocycles. The molecule has 2 atom stereocenters. The summed E-state index contributed by atoms with van der Waals surface area (Å²) in [6.45, 7) is 0. The fraction of sp³-hybridized carbons (Fsp3) is 0.263. The molecule has 1 aliphatic heterocycles. The third-order valence-corrected chi connectivity index (χ3v) is 5.85. The lowest BCUT2D eigenvalue weighted by Gasteiger charge is -2.28. The monoisotopic (exact) mass is 407 g/mol. The molecule has 0 bridgehead atoms. The van der Waals surface area contributed by atoms with E-state index in [0.29, 0.717) is 16.5 Å². The van der Waals surface area contributed by atoms with Crippen LogP contribution in [0.3, 0.4) is 0 Å². The number of carbonyl (C=O) groups is 2. The molecule has 2 unspecified atom stereocenters. The lowest BCUT2D eigenvalue weighted by molar-refractivity contribution is -0.141. The Bertz CT molecular complexity index is 875. The van der Waals surface area contributed by atoms with Gasteiger partial charge in [0, 0.05) is 16.8 Å². The van der Waals surface area contributed by atoms with E-state index in [1.54, 1.807) is 36.4 Å². The number of carboxylic acid groups (broad SMARTS) is 1. The normalized spacial score (nSPS) is 19.0. The van der Waals surface area contributed by atoms with Crippen LogP contribution in [0, 0.1) is 0 Å². The molecule has 0 saturated carbocycles. The molecule has 6 nitrogen and oxygen atoms in total. The average molecular weight is 408 g/mol. The van der Waals surface area contributed by atoms with Crippen LogP contribution in [0.15, 0.2) is 42.5 Å². The second-order valence-electron chi connectivity index (χ2n) is 5.87. The number of carboxylic acids is 1. The number of hydrogen-bond donors (Lipinski definition) is 1. The largest absolute Gasteiger partial charge is 0.497 e. The molecule has 1 heterocycles. The zero-order valence-electron chi connectivity index (χ0n) is 14.7. The zero-order valence-corrected chi connectivity index (χ0v) is 16.3. The first-order chi connectivity index (χ1) is 13.0. The van der Waals surface area contributed by atoms with E-state index in [4.69, 9.17) is 21.1 Å². The van der Waals surface area contributed by atoms with Gasteiger partial charge in [0.15, 0.2) is 0 Å². The number of benzene rings is 2. The molecule has 2 aromatic rings. The van der Waals surface area contributed by atoms with Crippen molar-refractivity contribution in [2.45, 2.75) is 11.4 Å². The summed E-state index contributed by atoms with van der Waals surface area (Å²) in [5.41, 5.74) is 1.05. The van der Waals surface area contributed by atoms with Gasteiger partial charge in [0.05, 0.1) is 19.8 Å². The summed E-state index contributed by atoms with van der Waals surface area (Å²) >= 11 is 7.48. The Labute approximate surface area is 166 Å². The van der Waals surface area contributed by atoms with Crippen LogP contribution in [-0.4, -0.2) is 47.9 Å². The van der Waals surface area contributed by atoms with Gasteiger partial charge in [0.1, 0.15) is 22.9 Å². The van der Waals surface area contributed by atoms with Crippen molar-refractivity contribution in [3.05, 3.63) is 58.6 Å². The summed E-state index contributed by atoms with van der Waals surface area (Å²) in [5.74, 6) is -0.313. The van der Waals surface area contributed by atoms with Crippen molar-refractivity contribution in [2.24, 2.45) is 0 Å². The van der Waals surface area contributed by atoms with Gasteiger partial charge >= 0.3 is 5.97 Å². The minimum absolute atomic E-state index is 0.277. The van der Waals surface area contributed by atoms with Crippen molar-refractivity contribution in [1.82, 2.24) is 4.90 Å². The number of nitrogens with zero attached hydrogens (tertiary/aromatic N) is 1. The predicted molar refractivity (Wildman–Crippen MR) is 104 cm³/mol. The Hall–Kier alpha value is -2.38. The van der Waals surface area contributed by atoms with Crippen LogP contribution in [-0.2, 0) is 4.79 Å². The van der Waals surface area contributed by atoms with Crippen LogP contribution < -0.4 is 9.47 Å². The molecule has 1 amide bonds. The second-order valence-corrected chi connectivity index (χ2v) is 7.42. The van der Waals surface area contributed by atoms with E-state index in [2.05, 4.69) is 0 Å². The van der Waals surface area contributed by atoms with E-state index >= 15 is 0 Å². The van der Waals surface area contributed by atoms with Gasteiger partial charge in [0.2, 0.25) is 0 Å². The van der Waals surface area contributed by atoms with Gasteiger partial charge < -0.3 is 19.5 Å². The standard InChI is InChI=1S/C19H18ClNO5S/c1-25-13-6-7-14(16(9-13)26-2)17(22)21-15(19(23)24)10-27-18(21)11-4-3-5-12(20)8-11/h3-9,15,18H,10H2,1-2H3,(H,23,24). The van der Waals surface area contributed by atoms with Crippen LogP contribution in [0.1, 0.15) is 21.3 Å². The van der Waals surface area contributed by atoms with Gasteiger partial charge in [-0.2, -0.15) is 0 Å². The average Bonchev–Trinajstić information content (AvgIpc) is 3.12. The number of carbonyl (C=O) groups excluding carboxylic acids is 1. The third-order valence-electron chi connectivity index (χ3n) is 4.29. The molecular formula is C19H18ClNO5S. The summed E-state index contributed by atoms with van der Waals surface area (Å²) in [5, 5.41) is 9.70. The third kappa shape index (κ3) is 3.84. The summed E-state index contributed by atoms with van der Waals surface area (Å²) < 4.78 is 10.5. The van der Waals surface area contributed by atoms with Crippen molar-refractivity contribution in [2.75, 3.05) is 20.0 Å². The quantitative estimate of drug-likeness (QED) is 0.814. The van der Waals surface area contributed by atoms with Crippen molar-refractivity contribution in [3.8, 4) is 11.5 Å². The first-order valence-electron chi connectivity index (χ1n) is 8.10. The summed E-state index contributed by atoms with van der Waals surface area (Å²) in [6.07, 6.45) is 0. The molecule has 0 radical (unpaired) electrons. The first kappa shape index (κ1) is 19.4. The molecule has 1 N–H and O–H groups in total. The van der Waals surface area contributed by atoms with Crippen LogP contribution in [0.5, 0.6) is 11.5 Å². The summed E-state index contributed by atoms with van der Waals surface area (Å²) in [4.78, 5) is 26.4. The van der Waals surface area contributed by atoms with Crippen molar-refractivity contribution >= 4 is 35.2 Å². The molecule has 0 aliphatic carbocycles. The number of amides is 1. The molecule has 0 aromatic heterocycles. The van der Waals surface area contributed by atoms with Gasteiger partial charge in [-0.25, -0.2) is 4.79 Å². The van der Waals surface area contributed by atoms with Gasteiger partial charge in [0.25, 0.3) is 5.91 Å². The smallest absolute Gasteiger partial charge is 0.327 e. The number of methoxy groups -OCH3 is 2. The SMILES string of the molecule is COc1ccc(C(=O)N2C(C(=O)O)CSC2c2cccc(Cl)c2)c(OC)c1. The Morgan fingerprint density at radius 3 is 2.59 bits per heavy atom. The number of thioether (sulfide) groups is 1. The first-order valence-corrected chi connectivity index (χ1v) is 9.53. The fourth-order valence-electron chi connectivity index (χ4n) is 2.98. The summed E-state index contributed by atoms with van der Waals surface area (Å²) in [6, 6.07) is 11.0. The lowest BCUT2D eigenvalue weighted by atomic mass is 10.1. The molecule has 1 fully saturated rings. The fourth-order valence-corrected chi connectivity index (χ4v) is 4.58. The summed E-state index contributed by atoms with van der Waals surface area (Å²) in [7, 11) is 2.97. The molecule has 142 valence electrons. The minimum atomic E-state index is -1.05. The van der Waals surface area contributed by atoms with Crippen LogP contribution in [0.25, 0.3) is 0 Å². The van der Waals surface area contributed by atoms with Gasteiger partial charge in [-0.15, -0.1) is 11.8 Å². The van der Waals surface area contributed by atoms with Crippen LogP contribution >= 0.6 is 23.4 Å². The Kier molecular flexibility index (Phi) is 5.82. The van der Waals surface area contributed by atoms with Crippen molar-refractivity contribution in [3.63, 3.8) is 0 Å². The topological polar surface area (TPSA) is 76.1 Å². The zero-order chi connectivity index (χ0) is 19.6. The van der Waals surface area contributed by atoms with Crippen LogP contribution in [0.2, 0.25) is 5.02 Å². The van der Waals surface area contributed by atoms with E-state index in [1.165, 1.54) is 30.9 Å². The van der Waals surface area contributed by atoms with E-state index in [0.717, 1.165) is 5.56 Å². The molecular weight excluding hydrogens is 390 g/mol. The molecule has 27 heavy (non-hydrogen) atoms. The number of ether oxygens (including phenoxy) is 2. The molecule has 3 rings (SSSR count).